The second-order valence-corrected chi connectivity index (χ2v) is 10.8. The molecule has 5 N–H and O–H groups in total. The molecule has 0 bridgehead atoms. The van der Waals surface area contributed by atoms with Crippen LogP contribution in [-0.2, 0) is 22.2 Å². The molecule has 1 fully saturated rings. The van der Waals surface area contributed by atoms with Gasteiger partial charge in [0.25, 0.3) is 0 Å². The van der Waals surface area contributed by atoms with Crippen molar-refractivity contribution in [1.29, 1.82) is 0 Å². The number of nitrogens with two attached hydrogens (primary N) is 1. The number of nitrogens with zero attached hydrogens (tertiary/aromatic N) is 3. The molecular formula is C31H32F3N7O2. The number of amides is 2. The lowest BCUT2D eigenvalue weighted by atomic mass is 9.81. The largest absolute Gasteiger partial charge is 0.417 e. The Kier molecular flexibility index (Phi) is 9.15. The van der Waals surface area contributed by atoms with Crippen LogP contribution < -0.4 is 16.4 Å². The number of alkyl halides is 3. The predicted molar refractivity (Wildman–Crippen MR) is 155 cm³/mol. The maximum atomic E-state index is 13.7. The lowest BCUT2D eigenvalue weighted by molar-refractivity contribution is -0.137. The van der Waals surface area contributed by atoms with Crippen molar-refractivity contribution in [2.75, 3.05) is 11.9 Å². The summed E-state index contributed by atoms with van der Waals surface area (Å²) >= 11 is 0. The second-order valence-electron chi connectivity index (χ2n) is 10.8. The number of halogens is 3. The van der Waals surface area contributed by atoms with E-state index in [-0.39, 0.29) is 23.8 Å². The number of tetrazole rings is 1. The van der Waals surface area contributed by atoms with Gasteiger partial charge in [0.15, 0.2) is 0 Å². The first kappa shape index (κ1) is 29.9. The molecule has 0 spiro atoms. The molecule has 0 aliphatic heterocycles. The highest BCUT2D eigenvalue weighted by molar-refractivity contribution is 5.97. The number of nitrogens with one attached hydrogen (secondary N) is 3. The molecule has 5 rings (SSSR count). The number of anilines is 1. The third kappa shape index (κ3) is 7.44. The van der Waals surface area contributed by atoms with Crippen molar-refractivity contribution in [2.45, 2.75) is 44.3 Å². The van der Waals surface area contributed by atoms with E-state index in [4.69, 9.17) is 5.73 Å². The molecule has 0 unspecified atom stereocenters. The zero-order valence-corrected chi connectivity index (χ0v) is 23.3. The Morgan fingerprint density at radius 2 is 1.70 bits per heavy atom. The van der Waals surface area contributed by atoms with E-state index in [0.29, 0.717) is 53.5 Å². The standard InChI is InChI=1S/C31H32F3N7O2/c32-31(33,34)26-7-2-1-6-25(26)23-5-3-4-20(16-23)17-27(37-29(42)22-10-8-19(18-35)9-11-22)30(43)36-24-14-12-21(13-15-24)28-38-40-41-39-28/h1-7,12-16,19,22,27H,8-11,17-18,35H2,(H,36,43)(H,37,42)(H,38,39,40,41)/t19?,22?,27-/m0/s1. The van der Waals surface area contributed by atoms with Crippen molar-refractivity contribution < 1.29 is 22.8 Å². The lowest BCUT2D eigenvalue weighted by Gasteiger charge is -2.28. The van der Waals surface area contributed by atoms with E-state index in [2.05, 4.69) is 31.3 Å². The lowest BCUT2D eigenvalue weighted by Crippen LogP contribution is -2.48. The summed E-state index contributed by atoms with van der Waals surface area (Å²) in [7, 11) is 0. The molecule has 43 heavy (non-hydrogen) atoms. The van der Waals surface area contributed by atoms with Gasteiger partial charge in [-0.15, -0.1) is 10.2 Å². The number of carbonyl (C=O) groups excluding carboxylic acids is 2. The number of carbonyl (C=O) groups is 2. The minimum atomic E-state index is -4.52. The number of H-pyrrole nitrogens is 1. The Hall–Kier alpha value is -4.58. The number of hydrogen-bond acceptors (Lipinski definition) is 6. The molecule has 1 saturated carbocycles. The maximum Gasteiger partial charge on any atom is 0.417 e. The van der Waals surface area contributed by atoms with Crippen molar-refractivity contribution in [2.24, 2.45) is 17.6 Å². The Morgan fingerprint density at radius 1 is 0.953 bits per heavy atom. The zero-order valence-electron chi connectivity index (χ0n) is 23.3. The monoisotopic (exact) mass is 591 g/mol. The average Bonchev–Trinajstić information content (AvgIpc) is 3.56. The maximum absolute atomic E-state index is 13.7. The topological polar surface area (TPSA) is 139 Å². The van der Waals surface area contributed by atoms with Gasteiger partial charge < -0.3 is 16.4 Å². The number of rotatable bonds is 9. The van der Waals surface area contributed by atoms with Crippen LogP contribution in [0.1, 0.15) is 36.8 Å². The third-order valence-corrected chi connectivity index (χ3v) is 7.85. The van der Waals surface area contributed by atoms with Crippen molar-refractivity contribution >= 4 is 17.5 Å². The van der Waals surface area contributed by atoms with E-state index in [1.807, 2.05) is 0 Å². The van der Waals surface area contributed by atoms with Crippen molar-refractivity contribution in [3.05, 3.63) is 83.9 Å². The van der Waals surface area contributed by atoms with Gasteiger partial charge in [0, 0.05) is 23.6 Å². The van der Waals surface area contributed by atoms with Crippen LogP contribution in [-0.4, -0.2) is 45.0 Å². The summed E-state index contributed by atoms with van der Waals surface area (Å²) in [6.45, 7) is 0.582. The van der Waals surface area contributed by atoms with Gasteiger partial charge in [-0.2, -0.15) is 18.4 Å². The number of aromatic nitrogens is 4. The summed E-state index contributed by atoms with van der Waals surface area (Å²) in [5, 5.41) is 19.6. The average molecular weight is 592 g/mol. The van der Waals surface area contributed by atoms with E-state index in [1.165, 1.54) is 12.1 Å². The summed E-state index contributed by atoms with van der Waals surface area (Å²) in [6.07, 6.45) is -1.38. The summed E-state index contributed by atoms with van der Waals surface area (Å²) in [6, 6.07) is 17.8. The van der Waals surface area contributed by atoms with Gasteiger partial charge in [0.05, 0.1) is 5.56 Å². The van der Waals surface area contributed by atoms with Crippen LogP contribution in [0.25, 0.3) is 22.5 Å². The fraction of sp³-hybridized carbons (Fsp3) is 0.323. The van der Waals surface area contributed by atoms with Gasteiger partial charge >= 0.3 is 6.18 Å². The van der Waals surface area contributed by atoms with Crippen LogP contribution in [0, 0.1) is 11.8 Å². The Bertz CT molecular complexity index is 1530. The van der Waals surface area contributed by atoms with Crippen molar-refractivity contribution in [3.63, 3.8) is 0 Å². The molecular weight excluding hydrogens is 559 g/mol. The molecule has 4 aromatic rings. The van der Waals surface area contributed by atoms with Gasteiger partial charge in [-0.1, -0.05) is 42.5 Å². The number of aromatic amines is 1. The Labute approximate surface area is 246 Å². The molecule has 1 heterocycles. The highest BCUT2D eigenvalue weighted by Gasteiger charge is 2.33. The molecule has 1 atom stereocenters. The van der Waals surface area contributed by atoms with Crippen molar-refractivity contribution in [3.8, 4) is 22.5 Å². The molecule has 1 aromatic heterocycles. The van der Waals surface area contributed by atoms with Crippen LogP contribution in [0.5, 0.6) is 0 Å². The minimum absolute atomic E-state index is 0.0419. The third-order valence-electron chi connectivity index (χ3n) is 7.85. The predicted octanol–water partition coefficient (Wildman–Crippen LogP) is 4.98. The Balaban J connectivity index is 1.37. The fourth-order valence-corrected chi connectivity index (χ4v) is 5.46. The van der Waals surface area contributed by atoms with Crippen LogP contribution in [0.4, 0.5) is 18.9 Å². The first-order chi connectivity index (χ1) is 20.7. The number of benzene rings is 3. The molecule has 0 radical (unpaired) electrons. The SMILES string of the molecule is NCC1CCC(C(=O)N[C@@H](Cc2cccc(-c3ccccc3C(F)(F)F)c2)C(=O)Nc2ccc(-c3nn[nH]n3)cc2)CC1. The molecule has 0 saturated heterocycles. The van der Waals surface area contributed by atoms with E-state index in [1.54, 1.807) is 54.6 Å². The van der Waals surface area contributed by atoms with Crippen LogP contribution in [0.3, 0.4) is 0 Å². The summed E-state index contributed by atoms with van der Waals surface area (Å²) in [5.41, 5.74) is 7.26. The molecule has 1 aliphatic rings. The van der Waals surface area contributed by atoms with Crippen LogP contribution in [0.2, 0.25) is 0 Å². The molecule has 12 heteroatoms. The van der Waals surface area contributed by atoms with Gasteiger partial charge in [0.2, 0.25) is 17.6 Å². The van der Waals surface area contributed by atoms with Crippen LogP contribution >= 0.6 is 0 Å². The van der Waals surface area contributed by atoms with Crippen molar-refractivity contribution in [1.82, 2.24) is 25.9 Å². The highest BCUT2D eigenvalue weighted by atomic mass is 19.4. The van der Waals surface area contributed by atoms with Crippen LogP contribution in [0.15, 0.2) is 72.8 Å². The van der Waals surface area contributed by atoms with Gasteiger partial charge in [-0.05, 0) is 90.4 Å². The fourth-order valence-electron chi connectivity index (χ4n) is 5.46. The van der Waals surface area contributed by atoms with E-state index in [9.17, 15) is 22.8 Å². The smallest absolute Gasteiger partial charge is 0.344 e. The summed E-state index contributed by atoms with van der Waals surface area (Å²) in [5.74, 6) is -0.114. The second kappa shape index (κ2) is 13.2. The highest BCUT2D eigenvalue weighted by Crippen LogP contribution is 2.37. The normalized spacial score (nSPS) is 17.7. The first-order valence-electron chi connectivity index (χ1n) is 14.1. The summed E-state index contributed by atoms with van der Waals surface area (Å²) in [4.78, 5) is 26.9. The molecule has 1 aliphatic carbocycles. The Morgan fingerprint density at radius 3 is 2.37 bits per heavy atom. The van der Waals surface area contributed by atoms with Gasteiger partial charge in [0.1, 0.15) is 6.04 Å². The minimum Gasteiger partial charge on any atom is -0.344 e. The first-order valence-corrected chi connectivity index (χ1v) is 14.1. The summed E-state index contributed by atoms with van der Waals surface area (Å²) < 4.78 is 41.1. The quantitative estimate of drug-likeness (QED) is 0.217. The number of hydrogen-bond donors (Lipinski definition) is 4. The van der Waals surface area contributed by atoms with E-state index in [0.717, 1.165) is 18.9 Å². The molecule has 3 aromatic carbocycles. The molecule has 9 nitrogen and oxygen atoms in total. The van der Waals surface area contributed by atoms with E-state index < -0.39 is 23.7 Å². The van der Waals surface area contributed by atoms with Gasteiger partial charge in [-0.25, -0.2) is 0 Å². The van der Waals surface area contributed by atoms with E-state index >= 15 is 0 Å². The van der Waals surface area contributed by atoms with Gasteiger partial charge in [-0.3, -0.25) is 9.59 Å². The molecule has 224 valence electrons. The molecule has 2 amide bonds. The zero-order chi connectivity index (χ0) is 30.4.